The van der Waals surface area contributed by atoms with Gasteiger partial charge in [0.2, 0.25) is 0 Å². The van der Waals surface area contributed by atoms with Crippen LogP contribution in [-0.4, -0.2) is 4.98 Å². The van der Waals surface area contributed by atoms with Gasteiger partial charge in [-0.3, -0.25) is 4.98 Å². The van der Waals surface area contributed by atoms with Crippen LogP contribution in [-0.2, 0) is 5.41 Å². The molecule has 76 valence electrons. The fraction of sp³-hybridized carbons (Fsp3) is 0.583. The maximum absolute atomic E-state index is 4.56. The van der Waals surface area contributed by atoms with Gasteiger partial charge in [-0.2, -0.15) is 0 Å². The summed E-state index contributed by atoms with van der Waals surface area (Å²) in [5.74, 6) is 0.721. The van der Waals surface area contributed by atoms with Crippen LogP contribution in [0.25, 0.3) is 0 Å². The molecule has 1 aromatic heterocycles. The normalized spacial score (nSPS) is 17.1. The van der Waals surface area contributed by atoms with Crippen LogP contribution in [0.1, 0.15) is 50.8 Å². The summed E-state index contributed by atoms with van der Waals surface area (Å²) in [6.45, 7) is 6.65. The van der Waals surface area contributed by atoms with Gasteiger partial charge in [0.15, 0.2) is 0 Å². The van der Waals surface area contributed by atoms with Gasteiger partial charge in [0.05, 0.1) is 5.69 Å². The molecular weight excluding hydrogens is 238 g/mol. The number of pyridine rings is 1. The predicted molar refractivity (Wildman–Crippen MR) is 62.6 cm³/mol. The van der Waals surface area contributed by atoms with Gasteiger partial charge in [0.1, 0.15) is 0 Å². The van der Waals surface area contributed by atoms with Crippen LogP contribution >= 0.6 is 15.9 Å². The first-order chi connectivity index (χ1) is 6.48. The van der Waals surface area contributed by atoms with Gasteiger partial charge in [-0.1, -0.05) is 20.8 Å². The summed E-state index contributed by atoms with van der Waals surface area (Å²) < 4.78 is 1.19. The Kier molecular flexibility index (Phi) is 2.42. The van der Waals surface area contributed by atoms with E-state index in [0.717, 1.165) is 5.92 Å². The third-order valence-electron chi connectivity index (χ3n) is 2.70. The van der Waals surface area contributed by atoms with Crippen LogP contribution in [0.4, 0.5) is 0 Å². The van der Waals surface area contributed by atoms with E-state index in [4.69, 9.17) is 0 Å². The summed E-state index contributed by atoms with van der Waals surface area (Å²) in [6, 6.07) is 2.22. The first kappa shape index (κ1) is 10.2. The molecule has 1 fully saturated rings. The monoisotopic (exact) mass is 253 g/mol. The molecular formula is C12H16BrN. The SMILES string of the molecule is CC(C)(C)c1cnc(C2CC2)c(Br)c1. The third-order valence-corrected chi connectivity index (χ3v) is 3.33. The lowest BCUT2D eigenvalue weighted by atomic mass is 9.88. The fourth-order valence-electron chi connectivity index (χ4n) is 1.52. The number of aromatic nitrogens is 1. The molecule has 0 amide bonds. The maximum atomic E-state index is 4.56. The van der Waals surface area contributed by atoms with Crippen molar-refractivity contribution in [1.82, 2.24) is 4.98 Å². The fourth-order valence-corrected chi connectivity index (χ4v) is 2.19. The Morgan fingerprint density at radius 2 is 2.00 bits per heavy atom. The molecule has 0 N–H and O–H groups in total. The number of rotatable bonds is 1. The highest BCUT2D eigenvalue weighted by molar-refractivity contribution is 9.10. The summed E-state index contributed by atoms with van der Waals surface area (Å²) in [5.41, 5.74) is 2.74. The quantitative estimate of drug-likeness (QED) is 0.737. The first-order valence-corrected chi connectivity index (χ1v) is 5.93. The van der Waals surface area contributed by atoms with E-state index in [9.17, 15) is 0 Å². The van der Waals surface area contributed by atoms with E-state index in [1.807, 2.05) is 6.20 Å². The number of hydrogen-bond acceptors (Lipinski definition) is 1. The van der Waals surface area contributed by atoms with Crippen LogP contribution in [0.2, 0.25) is 0 Å². The molecule has 1 aliphatic rings. The smallest absolute Gasteiger partial charge is 0.0576 e. The Balaban J connectivity index is 2.35. The van der Waals surface area contributed by atoms with Crippen molar-refractivity contribution < 1.29 is 0 Å². The second kappa shape index (κ2) is 3.34. The van der Waals surface area contributed by atoms with E-state index in [0.29, 0.717) is 0 Å². The van der Waals surface area contributed by atoms with E-state index in [1.165, 1.54) is 28.6 Å². The van der Waals surface area contributed by atoms with Gasteiger partial charge in [0, 0.05) is 16.6 Å². The van der Waals surface area contributed by atoms with Crippen molar-refractivity contribution in [3.63, 3.8) is 0 Å². The molecule has 14 heavy (non-hydrogen) atoms. The van der Waals surface area contributed by atoms with E-state index >= 15 is 0 Å². The molecule has 0 radical (unpaired) electrons. The molecule has 0 saturated heterocycles. The van der Waals surface area contributed by atoms with Crippen LogP contribution < -0.4 is 0 Å². The Hall–Kier alpha value is -0.370. The highest BCUT2D eigenvalue weighted by Gasteiger charge is 2.27. The minimum atomic E-state index is 0.192. The molecule has 2 heteroatoms. The average molecular weight is 254 g/mol. The molecule has 1 nitrogen and oxygen atoms in total. The van der Waals surface area contributed by atoms with Crippen molar-refractivity contribution in [3.05, 3.63) is 28.0 Å². The predicted octanol–water partition coefficient (Wildman–Crippen LogP) is 4.02. The second-order valence-corrected chi connectivity index (χ2v) is 5.97. The van der Waals surface area contributed by atoms with E-state index < -0.39 is 0 Å². The lowest BCUT2D eigenvalue weighted by Gasteiger charge is -2.19. The lowest BCUT2D eigenvalue weighted by molar-refractivity contribution is 0.586. The minimum Gasteiger partial charge on any atom is -0.260 e. The molecule has 1 heterocycles. The first-order valence-electron chi connectivity index (χ1n) is 5.14. The Morgan fingerprint density at radius 3 is 2.43 bits per heavy atom. The van der Waals surface area contributed by atoms with Crippen molar-refractivity contribution in [2.24, 2.45) is 0 Å². The molecule has 0 aliphatic heterocycles. The number of halogens is 1. The van der Waals surface area contributed by atoms with E-state index in [-0.39, 0.29) is 5.41 Å². The average Bonchev–Trinajstić information content (AvgIpc) is 2.85. The van der Waals surface area contributed by atoms with Crippen LogP contribution in [0.3, 0.4) is 0 Å². The largest absolute Gasteiger partial charge is 0.260 e. The lowest BCUT2D eigenvalue weighted by Crippen LogP contribution is -2.12. The Labute approximate surface area is 94.1 Å². The summed E-state index contributed by atoms with van der Waals surface area (Å²) in [7, 11) is 0. The van der Waals surface area contributed by atoms with Crippen molar-refractivity contribution in [2.45, 2.75) is 44.9 Å². The Bertz CT molecular complexity index is 348. The zero-order valence-corrected chi connectivity index (χ0v) is 10.6. The van der Waals surface area contributed by atoms with Gasteiger partial charge in [-0.15, -0.1) is 0 Å². The van der Waals surface area contributed by atoms with Gasteiger partial charge >= 0.3 is 0 Å². The molecule has 1 aliphatic carbocycles. The molecule has 0 bridgehead atoms. The molecule has 1 saturated carbocycles. The summed E-state index contributed by atoms with van der Waals surface area (Å²) in [5, 5.41) is 0. The van der Waals surface area contributed by atoms with Crippen molar-refractivity contribution >= 4 is 15.9 Å². The van der Waals surface area contributed by atoms with Gasteiger partial charge in [-0.05, 0) is 45.8 Å². The molecule has 0 aromatic carbocycles. The highest BCUT2D eigenvalue weighted by Crippen LogP contribution is 2.42. The van der Waals surface area contributed by atoms with Gasteiger partial charge < -0.3 is 0 Å². The van der Waals surface area contributed by atoms with Crippen molar-refractivity contribution in [2.75, 3.05) is 0 Å². The van der Waals surface area contributed by atoms with Crippen molar-refractivity contribution in [1.29, 1.82) is 0 Å². The highest BCUT2D eigenvalue weighted by atomic mass is 79.9. The van der Waals surface area contributed by atoms with Crippen LogP contribution in [0.15, 0.2) is 16.7 Å². The standard InChI is InChI=1S/C12H16BrN/c1-12(2,3)9-6-10(13)11(14-7-9)8-4-5-8/h6-8H,4-5H2,1-3H3. The third kappa shape index (κ3) is 2.00. The van der Waals surface area contributed by atoms with Gasteiger partial charge in [0.25, 0.3) is 0 Å². The minimum absolute atomic E-state index is 0.192. The van der Waals surface area contributed by atoms with E-state index in [1.54, 1.807) is 0 Å². The molecule has 0 atom stereocenters. The van der Waals surface area contributed by atoms with Crippen LogP contribution in [0, 0.1) is 0 Å². The zero-order valence-electron chi connectivity index (χ0n) is 8.97. The zero-order chi connectivity index (χ0) is 10.3. The van der Waals surface area contributed by atoms with Crippen molar-refractivity contribution in [3.8, 4) is 0 Å². The van der Waals surface area contributed by atoms with E-state index in [2.05, 4.69) is 47.8 Å². The molecule has 0 spiro atoms. The number of hydrogen-bond donors (Lipinski definition) is 0. The topological polar surface area (TPSA) is 12.9 Å². The Morgan fingerprint density at radius 1 is 1.36 bits per heavy atom. The molecule has 0 unspecified atom stereocenters. The second-order valence-electron chi connectivity index (χ2n) is 5.12. The maximum Gasteiger partial charge on any atom is 0.0576 e. The molecule has 2 rings (SSSR count). The summed E-state index contributed by atoms with van der Waals surface area (Å²) in [6.07, 6.45) is 4.64. The number of nitrogens with zero attached hydrogens (tertiary/aromatic N) is 1. The summed E-state index contributed by atoms with van der Waals surface area (Å²) >= 11 is 3.62. The van der Waals surface area contributed by atoms with Crippen LogP contribution in [0.5, 0.6) is 0 Å². The molecule has 1 aromatic rings. The summed E-state index contributed by atoms with van der Waals surface area (Å²) in [4.78, 5) is 4.56. The van der Waals surface area contributed by atoms with Gasteiger partial charge in [-0.25, -0.2) is 0 Å².